The van der Waals surface area contributed by atoms with Gasteiger partial charge in [-0.3, -0.25) is 0 Å². The summed E-state index contributed by atoms with van der Waals surface area (Å²) in [6, 6.07) is 0.0360. The van der Waals surface area contributed by atoms with Crippen LogP contribution in [-0.2, 0) is 9.47 Å². The monoisotopic (exact) mass is 256 g/mol. The summed E-state index contributed by atoms with van der Waals surface area (Å²) in [6.07, 6.45) is 2.23. The SMILES string of the molecule is CC(C)(C)OC(=O)N1CCC(N)C12CCOCC2. The Morgan fingerprint density at radius 1 is 1.39 bits per heavy atom. The second-order valence-electron chi connectivity index (χ2n) is 6.24. The summed E-state index contributed by atoms with van der Waals surface area (Å²) in [5.41, 5.74) is 5.52. The lowest BCUT2D eigenvalue weighted by Gasteiger charge is -2.43. The highest BCUT2D eigenvalue weighted by Gasteiger charge is 2.51. The Bertz CT molecular complexity index is 319. The van der Waals surface area contributed by atoms with Gasteiger partial charge in [0.2, 0.25) is 0 Å². The van der Waals surface area contributed by atoms with Crippen LogP contribution in [0.4, 0.5) is 4.79 Å². The molecule has 2 fully saturated rings. The molecule has 0 aromatic heterocycles. The molecular weight excluding hydrogens is 232 g/mol. The highest BCUT2D eigenvalue weighted by Crippen LogP contribution is 2.37. The van der Waals surface area contributed by atoms with Crippen LogP contribution in [0, 0.1) is 0 Å². The molecule has 2 heterocycles. The first kappa shape index (κ1) is 13.6. The van der Waals surface area contributed by atoms with E-state index in [4.69, 9.17) is 15.2 Å². The number of hydrogen-bond acceptors (Lipinski definition) is 4. The van der Waals surface area contributed by atoms with E-state index in [9.17, 15) is 4.79 Å². The first-order valence-electron chi connectivity index (χ1n) is 6.69. The van der Waals surface area contributed by atoms with Gasteiger partial charge in [-0.15, -0.1) is 0 Å². The fourth-order valence-corrected chi connectivity index (χ4v) is 2.92. The third-order valence-electron chi connectivity index (χ3n) is 3.86. The maximum absolute atomic E-state index is 12.3. The minimum atomic E-state index is -0.462. The van der Waals surface area contributed by atoms with E-state index in [1.165, 1.54) is 0 Å². The summed E-state index contributed by atoms with van der Waals surface area (Å²) in [5.74, 6) is 0. The zero-order chi connectivity index (χ0) is 13.4. The normalized spacial score (nSPS) is 27.6. The second-order valence-corrected chi connectivity index (χ2v) is 6.24. The number of ether oxygens (including phenoxy) is 2. The smallest absolute Gasteiger partial charge is 0.410 e. The Balaban J connectivity index is 2.13. The van der Waals surface area contributed by atoms with Gasteiger partial charge in [0.05, 0.1) is 5.54 Å². The molecule has 2 aliphatic rings. The van der Waals surface area contributed by atoms with E-state index in [-0.39, 0.29) is 17.7 Å². The molecule has 18 heavy (non-hydrogen) atoms. The van der Waals surface area contributed by atoms with E-state index in [2.05, 4.69) is 0 Å². The Kier molecular flexibility index (Phi) is 3.56. The minimum absolute atomic E-state index is 0.0360. The zero-order valence-corrected chi connectivity index (χ0v) is 11.6. The molecule has 2 N–H and O–H groups in total. The molecular formula is C13H24N2O3. The maximum atomic E-state index is 12.3. The van der Waals surface area contributed by atoms with Crippen LogP contribution in [0.2, 0.25) is 0 Å². The van der Waals surface area contributed by atoms with Gasteiger partial charge in [0.15, 0.2) is 0 Å². The van der Waals surface area contributed by atoms with Crippen molar-refractivity contribution in [2.45, 2.75) is 57.2 Å². The molecule has 1 spiro atoms. The number of amides is 1. The molecule has 2 aliphatic heterocycles. The fraction of sp³-hybridized carbons (Fsp3) is 0.923. The Morgan fingerprint density at radius 2 is 2.00 bits per heavy atom. The molecule has 1 unspecified atom stereocenters. The Labute approximate surface area is 109 Å². The highest BCUT2D eigenvalue weighted by molar-refractivity contribution is 5.70. The number of nitrogens with zero attached hydrogens (tertiary/aromatic N) is 1. The Morgan fingerprint density at radius 3 is 2.56 bits per heavy atom. The molecule has 0 aliphatic carbocycles. The number of rotatable bonds is 0. The quantitative estimate of drug-likeness (QED) is 0.713. The molecule has 1 atom stereocenters. The predicted octanol–water partition coefficient (Wildman–Crippen LogP) is 1.50. The lowest BCUT2D eigenvalue weighted by Crippen LogP contribution is -2.59. The van der Waals surface area contributed by atoms with Crippen molar-refractivity contribution in [2.75, 3.05) is 19.8 Å². The largest absolute Gasteiger partial charge is 0.444 e. The van der Waals surface area contributed by atoms with Crippen LogP contribution in [0.3, 0.4) is 0 Å². The van der Waals surface area contributed by atoms with E-state index in [0.29, 0.717) is 19.8 Å². The van der Waals surface area contributed by atoms with Gasteiger partial charge in [-0.1, -0.05) is 0 Å². The molecule has 0 bridgehead atoms. The summed E-state index contributed by atoms with van der Waals surface area (Å²) in [7, 11) is 0. The molecule has 5 nitrogen and oxygen atoms in total. The maximum Gasteiger partial charge on any atom is 0.410 e. The van der Waals surface area contributed by atoms with Crippen molar-refractivity contribution in [3.8, 4) is 0 Å². The third-order valence-corrected chi connectivity index (χ3v) is 3.86. The van der Waals surface area contributed by atoms with Crippen LogP contribution >= 0.6 is 0 Å². The van der Waals surface area contributed by atoms with Crippen LogP contribution in [0.5, 0.6) is 0 Å². The first-order chi connectivity index (χ1) is 8.35. The summed E-state index contributed by atoms with van der Waals surface area (Å²) in [5, 5.41) is 0. The number of likely N-dealkylation sites (tertiary alicyclic amines) is 1. The van der Waals surface area contributed by atoms with E-state index < -0.39 is 5.60 Å². The van der Waals surface area contributed by atoms with Crippen molar-refractivity contribution in [1.82, 2.24) is 4.90 Å². The van der Waals surface area contributed by atoms with Crippen molar-refractivity contribution >= 4 is 6.09 Å². The van der Waals surface area contributed by atoms with Crippen LogP contribution in [0.1, 0.15) is 40.0 Å². The van der Waals surface area contributed by atoms with Gasteiger partial charge in [0.25, 0.3) is 0 Å². The highest BCUT2D eigenvalue weighted by atomic mass is 16.6. The zero-order valence-electron chi connectivity index (χ0n) is 11.6. The van der Waals surface area contributed by atoms with Gasteiger partial charge in [-0.2, -0.15) is 0 Å². The number of carbonyl (C=O) groups is 1. The average molecular weight is 256 g/mol. The summed E-state index contributed by atoms with van der Waals surface area (Å²) >= 11 is 0. The van der Waals surface area contributed by atoms with Gasteiger partial charge in [-0.25, -0.2) is 4.79 Å². The van der Waals surface area contributed by atoms with E-state index >= 15 is 0 Å². The summed E-state index contributed by atoms with van der Waals surface area (Å²) < 4.78 is 10.9. The van der Waals surface area contributed by atoms with Gasteiger partial charge in [0.1, 0.15) is 5.60 Å². The van der Waals surface area contributed by atoms with Gasteiger partial charge in [0, 0.05) is 25.8 Å². The van der Waals surface area contributed by atoms with Crippen LogP contribution in [-0.4, -0.2) is 47.9 Å². The van der Waals surface area contributed by atoms with E-state index in [0.717, 1.165) is 19.3 Å². The number of carbonyl (C=O) groups excluding carboxylic acids is 1. The third kappa shape index (κ3) is 2.47. The lowest BCUT2D eigenvalue weighted by atomic mass is 9.84. The average Bonchev–Trinajstić information content (AvgIpc) is 2.56. The molecule has 1 amide bonds. The lowest BCUT2D eigenvalue weighted by molar-refractivity contribution is -0.0332. The number of hydrogen-bond donors (Lipinski definition) is 1. The number of nitrogens with two attached hydrogens (primary N) is 1. The van der Waals surface area contributed by atoms with Crippen molar-refractivity contribution in [2.24, 2.45) is 5.73 Å². The van der Waals surface area contributed by atoms with Gasteiger partial charge in [-0.05, 0) is 40.0 Å². The molecule has 2 saturated heterocycles. The molecule has 0 aromatic carbocycles. The summed E-state index contributed by atoms with van der Waals surface area (Å²) in [6.45, 7) is 7.70. The fourth-order valence-electron chi connectivity index (χ4n) is 2.92. The van der Waals surface area contributed by atoms with Crippen LogP contribution in [0.25, 0.3) is 0 Å². The standard InChI is InChI=1S/C13H24N2O3/c1-12(2,3)18-11(16)15-7-4-10(14)13(15)5-8-17-9-6-13/h10H,4-9,14H2,1-3H3. The van der Waals surface area contributed by atoms with Gasteiger partial charge < -0.3 is 20.1 Å². The van der Waals surface area contributed by atoms with Crippen LogP contribution < -0.4 is 5.73 Å². The van der Waals surface area contributed by atoms with Crippen molar-refractivity contribution in [3.63, 3.8) is 0 Å². The molecule has 5 heteroatoms. The second kappa shape index (κ2) is 4.70. The van der Waals surface area contributed by atoms with E-state index in [1.54, 1.807) is 0 Å². The van der Waals surface area contributed by atoms with Crippen molar-refractivity contribution in [1.29, 1.82) is 0 Å². The summed E-state index contributed by atoms with van der Waals surface area (Å²) in [4.78, 5) is 14.1. The first-order valence-corrected chi connectivity index (χ1v) is 6.69. The molecule has 0 saturated carbocycles. The van der Waals surface area contributed by atoms with E-state index in [1.807, 2.05) is 25.7 Å². The van der Waals surface area contributed by atoms with Crippen molar-refractivity contribution in [3.05, 3.63) is 0 Å². The van der Waals surface area contributed by atoms with Gasteiger partial charge >= 0.3 is 6.09 Å². The molecule has 0 radical (unpaired) electrons. The topological polar surface area (TPSA) is 64.8 Å². The molecule has 0 aromatic rings. The van der Waals surface area contributed by atoms with Crippen LogP contribution in [0.15, 0.2) is 0 Å². The minimum Gasteiger partial charge on any atom is -0.444 e. The molecule has 104 valence electrons. The molecule has 2 rings (SSSR count). The Hall–Kier alpha value is -0.810. The predicted molar refractivity (Wildman–Crippen MR) is 68.3 cm³/mol. The van der Waals surface area contributed by atoms with Crippen molar-refractivity contribution < 1.29 is 14.3 Å².